The van der Waals surface area contributed by atoms with Crippen LogP contribution >= 0.6 is 34.8 Å². The highest BCUT2D eigenvalue weighted by Crippen LogP contribution is 2.35. The maximum absolute atomic E-state index is 6.19. The van der Waals surface area contributed by atoms with Gasteiger partial charge >= 0.3 is 0 Å². The average Bonchev–Trinajstić information content (AvgIpc) is 3.06. The van der Waals surface area contributed by atoms with Crippen LogP contribution in [0.3, 0.4) is 0 Å². The Bertz CT molecular complexity index is 363. The molecular formula is C12H14Cl3N. The standard InChI is InChI=1S/C12H14Cl3N/c13-10-3-4-11(14)9(5-10)6-16-7-12(15)8-1-2-8/h3-5,8,12,16H,1-2,6-7H2. The first-order chi connectivity index (χ1) is 7.66. The van der Waals surface area contributed by atoms with Gasteiger partial charge in [0.1, 0.15) is 0 Å². The molecule has 0 aliphatic heterocycles. The highest BCUT2D eigenvalue weighted by molar-refractivity contribution is 6.33. The first-order valence-electron chi connectivity index (χ1n) is 5.45. The van der Waals surface area contributed by atoms with Crippen LogP contribution in [0.15, 0.2) is 18.2 Å². The van der Waals surface area contributed by atoms with Crippen LogP contribution in [0.1, 0.15) is 18.4 Å². The zero-order chi connectivity index (χ0) is 11.5. The summed E-state index contributed by atoms with van der Waals surface area (Å²) < 4.78 is 0. The summed E-state index contributed by atoms with van der Waals surface area (Å²) in [6.45, 7) is 1.55. The number of halogens is 3. The Morgan fingerprint density at radius 1 is 1.31 bits per heavy atom. The van der Waals surface area contributed by atoms with Crippen LogP contribution in [0.4, 0.5) is 0 Å². The molecule has 1 fully saturated rings. The summed E-state index contributed by atoms with van der Waals surface area (Å²) in [6.07, 6.45) is 2.54. The molecule has 0 amide bonds. The van der Waals surface area contributed by atoms with Crippen molar-refractivity contribution in [2.45, 2.75) is 24.8 Å². The molecule has 0 saturated heterocycles. The van der Waals surface area contributed by atoms with Crippen molar-refractivity contribution in [2.75, 3.05) is 6.54 Å². The molecule has 88 valence electrons. The lowest BCUT2D eigenvalue weighted by Crippen LogP contribution is -2.24. The number of rotatable bonds is 5. The molecule has 0 radical (unpaired) electrons. The summed E-state index contributed by atoms with van der Waals surface area (Å²) in [5, 5.41) is 5.02. The van der Waals surface area contributed by atoms with Gasteiger partial charge in [-0.05, 0) is 42.5 Å². The Kier molecular flexibility index (Phi) is 4.37. The van der Waals surface area contributed by atoms with Crippen molar-refractivity contribution in [3.63, 3.8) is 0 Å². The first kappa shape index (κ1) is 12.5. The second kappa shape index (κ2) is 5.59. The third kappa shape index (κ3) is 3.53. The van der Waals surface area contributed by atoms with E-state index in [1.165, 1.54) is 12.8 Å². The van der Waals surface area contributed by atoms with E-state index in [1.807, 2.05) is 12.1 Å². The minimum atomic E-state index is 0.248. The molecule has 2 rings (SSSR count). The summed E-state index contributed by atoms with van der Waals surface area (Å²) in [4.78, 5) is 0. The Labute approximate surface area is 111 Å². The molecule has 0 aromatic heterocycles. The first-order valence-corrected chi connectivity index (χ1v) is 6.65. The lowest BCUT2D eigenvalue weighted by atomic mass is 10.2. The molecule has 1 saturated carbocycles. The van der Waals surface area contributed by atoms with Gasteiger partial charge in [-0.3, -0.25) is 0 Å². The van der Waals surface area contributed by atoms with E-state index in [0.717, 1.165) is 23.7 Å². The fraction of sp³-hybridized carbons (Fsp3) is 0.500. The molecular weight excluding hydrogens is 264 g/mol. The second-order valence-electron chi connectivity index (χ2n) is 4.22. The summed E-state index contributed by atoms with van der Waals surface area (Å²) in [7, 11) is 0. The van der Waals surface area contributed by atoms with Crippen molar-refractivity contribution in [2.24, 2.45) is 5.92 Å². The van der Waals surface area contributed by atoms with Crippen LogP contribution in [0, 0.1) is 5.92 Å². The Balaban J connectivity index is 1.81. The molecule has 0 bridgehead atoms. The van der Waals surface area contributed by atoms with E-state index < -0.39 is 0 Å². The molecule has 1 N–H and O–H groups in total. The number of nitrogens with one attached hydrogen (secondary N) is 1. The van der Waals surface area contributed by atoms with Crippen molar-refractivity contribution in [3.05, 3.63) is 33.8 Å². The average molecular weight is 279 g/mol. The quantitative estimate of drug-likeness (QED) is 0.800. The molecule has 0 heterocycles. The molecule has 1 aromatic carbocycles. The van der Waals surface area contributed by atoms with Gasteiger partial charge in [-0.1, -0.05) is 23.2 Å². The highest BCUT2D eigenvalue weighted by Gasteiger charge is 2.29. The fourth-order valence-corrected chi connectivity index (χ4v) is 2.39. The van der Waals surface area contributed by atoms with Crippen molar-refractivity contribution in [1.29, 1.82) is 0 Å². The van der Waals surface area contributed by atoms with E-state index in [0.29, 0.717) is 10.9 Å². The molecule has 1 unspecified atom stereocenters. The lowest BCUT2D eigenvalue weighted by molar-refractivity contribution is 0.620. The van der Waals surface area contributed by atoms with Crippen LogP contribution in [0.5, 0.6) is 0 Å². The van der Waals surface area contributed by atoms with Crippen molar-refractivity contribution >= 4 is 34.8 Å². The number of benzene rings is 1. The van der Waals surface area contributed by atoms with Crippen LogP contribution in [0.2, 0.25) is 10.0 Å². The zero-order valence-corrected chi connectivity index (χ0v) is 11.1. The van der Waals surface area contributed by atoms with E-state index in [4.69, 9.17) is 34.8 Å². The molecule has 16 heavy (non-hydrogen) atoms. The van der Waals surface area contributed by atoms with Crippen molar-refractivity contribution < 1.29 is 0 Å². The largest absolute Gasteiger partial charge is 0.311 e. The minimum absolute atomic E-state index is 0.248. The van der Waals surface area contributed by atoms with E-state index in [9.17, 15) is 0 Å². The molecule has 1 aromatic rings. The van der Waals surface area contributed by atoms with Gasteiger partial charge in [0.15, 0.2) is 0 Å². The predicted molar refractivity (Wildman–Crippen MR) is 70.5 cm³/mol. The van der Waals surface area contributed by atoms with Crippen LogP contribution in [0.25, 0.3) is 0 Å². The molecule has 1 nitrogen and oxygen atoms in total. The Hall–Kier alpha value is 0.0500. The maximum atomic E-state index is 6.19. The summed E-state index contributed by atoms with van der Waals surface area (Å²) in [6, 6.07) is 5.50. The predicted octanol–water partition coefficient (Wildman–Crippen LogP) is 4.10. The van der Waals surface area contributed by atoms with E-state index >= 15 is 0 Å². The maximum Gasteiger partial charge on any atom is 0.0488 e. The molecule has 1 aliphatic carbocycles. The van der Waals surface area contributed by atoms with Gasteiger partial charge in [0.05, 0.1) is 0 Å². The van der Waals surface area contributed by atoms with E-state index in [1.54, 1.807) is 6.07 Å². The number of alkyl halides is 1. The third-order valence-electron chi connectivity index (χ3n) is 2.80. The molecule has 4 heteroatoms. The topological polar surface area (TPSA) is 12.0 Å². The van der Waals surface area contributed by atoms with Crippen LogP contribution < -0.4 is 5.32 Å². The summed E-state index contributed by atoms with van der Waals surface area (Å²) in [5.74, 6) is 0.712. The molecule has 1 atom stereocenters. The Morgan fingerprint density at radius 2 is 2.06 bits per heavy atom. The van der Waals surface area contributed by atoms with Gasteiger partial charge in [0, 0.05) is 28.5 Å². The van der Waals surface area contributed by atoms with Crippen molar-refractivity contribution in [3.8, 4) is 0 Å². The monoisotopic (exact) mass is 277 g/mol. The second-order valence-corrected chi connectivity index (χ2v) is 5.62. The van der Waals surface area contributed by atoms with Crippen LogP contribution in [-0.4, -0.2) is 11.9 Å². The molecule has 0 spiro atoms. The minimum Gasteiger partial charge on any atom is -0.311 e. The van der Waals surface area contributed by atoms with Gasteiger partial charge in [-0.15, -0.1) is 11.6 Å². The zero-order valence-electron chi connectivity index (χ0n) is 8.85. The lowest BCUT2D eigenvalue weighted by Gasteiger charge is -2.10. The van der Waals surface area contributed by atoms with Gasteiger partial charge in [-0.25, -0.2) is 0 Å². The highest BCUT2D eigenvalue weighted by atomic mass is 35.5. The van der Waals surface area contributed by atoms with Gasteiger partial charge in [-0.2, -0.15) is 0 Å². The Morgan fingerprint density at radius 3 is 2.75 bits per heavy atom. The van der Waals surface area contributed by atoms with Gasteiger partial charge in [0.25, 0.3) is 0 Å². The van der Waals surface area contributed by atoms with Gasteiger partial charge < -0.3 is 5.32 Å². The van der Waals surface area contributed by atoms with E-state index in [-0.39, 0.29) is 5.38 Å². The van der Waals surface area contributed by atoms with Crippen LogP contribution in [-0.2, 0) is 6.54 Å². The van der Waals surface area contributed by atoms with Crippen molar-refractivity contribution in [1.82, 2.24) is 5.32 Å². The number of hydrogen-bond acceptors (Lipinski definition) is 1. The smallest absolute Gasteiger partial charge is 0.0488 e. The summed E-state index contributed by atoms with van der Waals surface area (Å²) >= 11 is 18.2. The summed E-state index contributed by atoms with van der Waals surface area (Å²) in [5.41, 5.74) is 1.02. The van der Waals surface area contributed by atoms with Gasteiger partial charge in [0.2, 0.25) is 0 Å². The van der Waals surface area contributed by atoms with E-state index in [2.05, 4.69) is 5.32 Å². The molecule has 1 aliphatic rings. The SMILES string of the molecule is Clc1ccc(Cl)c(CNCC(Cl)C2CC2)c1. The number of hydrogen-bond donors (Lipinski definition) is 1. The fourth-order valence-electron chi connectivity index (χ4n) is 1.65. The normalized spacial score (nSPS) is 17.4. The third-order valence-corrected chi connectivity index (χ3v) is 3.91.